The summed E-state index contributed by atoms with van der Waals surface area (Å²) in [4.78, 5) is 1.68. The van der Waals surface area contributed by atoms with Crippen molar-refractivity contribution in [1.29, 1.82) is 0 Å². The zero-order valence-corrected chi connectivity index (χ0v) is 10.2. The van der Waals surface area contributed by atoms with Crippen LogP contribution in [0.2, 0.25) is 0 Å². The van der Waals surface area contributed by atoms with Gasteiger partial charge in [0.1, 0.15) is 0 Å². The van der Waals surface area contributed by atoms with E-state index < -0.39 is 0 Å². The molecule has 1 aromatic heterocycles. The Morgan fingerprint density at radius 2 is 2.20 bits per heavy atom. The van der Waals surface area contributed by atoms with Crippen LogP contribution in [0.3, 0.4) is 0 Å². The number of fused-ring (bicyclic) bond motifs is 1. The Balaban J connectivity index is 1.88. The van der Waals surface area contributed by atoms with Crippen molar-refractivity contribution in [3.63, 3.8) is 0 Å². The average molecular weight is 221 g/mol. The molecule has 2 heteroatoms. The van der Waals surface area contributed by atoms with Gasteiger partial charge in [0.2, 0.25) is 0 Å². The van der Waals surface area contributed by atoms with Crippen LogP contribution in [-0.4, -0.2) is 13.1 Å². The highest BCUT2D eigenvalue weighted by molar-refractivity contribution is 7.10. The summed E-state index contributed by atoms with van der Waals surface area (Å²) in [6.07, 6.45) is 8.24. The number of likely N-dealkylation sites (N-methyl/N-ethyl adjacent to an activating group) is 1. The van der Waals surface area contributed by atoms with Gasteiger partial charge >= 0.3 is 0 Å². The first-order valence-corrected chi connectivity index (χ1v) is 7.03. The summed E-state index contributed by atoms with van der Waals surface area (Å²) >= 11 is 2.01. The lowest BCUT2D eigenvalue weighted by molar-refractivity contribution is 0.413. The summed E-state index contributed by atoms with van der Waals surface area (Å²) in [5.74, 6) is 0.917. The predicted molar refractivity (Wildman–Crippen MR) is 65.8 cm³/mol. The molecule has 15 heavy (non-hydrogen) atoms. The van der Waals surface area contributed by atoms with Crippen molar-refractivity contribution < 1.29 is 0 Å². The fourth-order valence-electron chi connectivity index (χ4n) is 2.84. The predicted octanol–water partition coefficient (Wildman–Crippen LogP) is 3.09. The van der Waals surface area contributed by atoms with E-state index in [0.29, 0.717) is 0 Å². The highest BCUT2D eigenvalue weighted by atomic mass is 32.1. The first kappa shape index (κ1) is 9.86. The number of hydrogen-bond donors (Lipinski definition) is 1. The smallest absolute Gasteiger partial charge is 0.0108 e. The molecule has 1 heterocycles. The molecule has 1 N–H and O–H groups in total. The molecule has 2 aliphatic carbocycles. The van der Waals surface area contributed by atoms with Gasteiger partial charge in [-0.2, -0.15) is 0 Å². The fraction of sp³-hybridized carbons (Fsp3) is 0.692. The molecule has 0 aliphatic heterocycles. The van der Waals surface area contributed by atoms with E-state index >= 15 is 0 Å². The summed E-state index contributed by atoms with van der Waals surface area (Å²) < 4.78 is 0. The van der Waals surface area contributed by atoms with E-state index in [9.17, 15) is 0 Å². The van der Waals surface area contributed by atoms with Crippen LogP contribution in [0, 0.1) is 0 Å². The second kappa shape index (κ2) is 3.91. The monoisotopic (exact) mass is 221 g/mol. The molecule has 0 spiro atoms. The minimum Gasteiger partial charge on any atom is -0.317 e. The van der Waals surface area contributed by atoms with Crippen LogP contribution in [0.25, 0.3) is 0 Å². The molecule has 1 unspecified atom stereocenters. The maximum Gasteiger partial charge on any atom is 0.0108 e. The highest BCUT2D eigenvalue weighted by Crippen LogP contribution is 2.42. The molecule has 1 atom stereocenters. The van der Waals surface area contributed by atoms with E-state index in [1.807, 2.05) is 11.3 Å². The molecule has 1 saturated carbocycles. The van der Waals surface area contributed by atoms with Crippen molar-refractivity contribution in [2.24, 2.45) is 0 Å². The Morgan fingerprint density at radius 1 is 1.33 bits per heavy atom. The normalized spacial score (nSPS) is 26.1. The minimum atomic E-state index is 0.728. The Kier molecular flexibility index (Phi) is 2.57. The van der Waals surface area contributed by atoms with E-state index in [1.54, 1.807) is 16.0 Å². The van der Waals surface area contributed by atoms with Crippen LogP contribution in [-0.2, 0) is 12.8 Å². The lowest BCUT2D eigenvalue weighted by atomic mass is 9.77. The van der Waals surface area contributed by atoms with Gasteiger partial charge in [0.25, 0.3) is 0 Å². The standard InChI is InChI=1S/C13H19NS/c1-14-10-5-6-13-11(7-10)12(8-15-13)9-3-2-4-9/h8-10,14H,2-7H2,1H3. The molecule has 0 aromatic carbocycles. The number of thiophene rings is 1. The van der Waals surface area contributed by atoms with Crippen molar-refractivity contribution in [2.45, 2.75) is 50.5 Å². The van der Waals surface area contributed by atoms with Gasteiger partial charge in [-0.15, -0.1) is 11.3 Å². The third kappa shape index (κ3) is 1.64. The van der Waals surface area contributed by atoms with Crippen LogP contribution < -0.4 is 5.32 Å². The molecule has 0 saturated heterocycles. The Labute approximate surface area is 95.9 Å². The minimum absolute atomic E-state index is 0.728. The van der Waals surface area contributed by atoms with Gasteiger partial charge in [-0.1, -0.05) is 6.42 Å². The number of aryl methyl sites for hydroxylation is 1. The first-order chi connectivity index (χ1) is 7.38. The molecular weight excluding hydrogens is 202 g/mol. The van der Waals surface area contributed by atoms with Gasteiger partial charge in [0, 0.05) is 10.9 Å². The van der Waals surface area contributed by atoms with Gasteiger partial charge in [-0.3, -0.25) is 0 Å². The van der Waals surface area contributed by atoms with Crippen molar-refractivity contribution in [3.8, 4) is 0 Å². The van der Waals surface area contributed by atoms with E-state index in [4.69, 9.17) is 0 Å². The van der Waals surface area contributed by atoms with Crippen LogP contribution in [0.5, 0.6) is 0 Å². The Hall–Kier alpha value is -0.340. The van der Waals surface area contributed by atoms with E-state index in [0.717, 1.165) is 12.0 Å². The molecule has 1 nitrogen and oxygen atoms in total. The summed E-state index contributed by atoms with van der Waals surface area (Å²) in [6.45, 7) is 0. The van der Waals surface area contributed by atoms with Gasteiger partial charge in [-0.25, -0.2) is 0 Å². The van der Waals surface area contributed by atoms with Gasteiger partial charge in [0.15, 0.2) is 0 Å². The van der Waals surface area contributed by atoms with Gasteiger partial charge in [0.05, 0.1) is 0 Å². The quantitative estimate of drug-likeness (QED) is 0.809. The second-order valence-corrected chi connectivity index (χ2v) is 5.91. The third-order valence-electron chi connectivity index (χ3n) is 4.14. The van der Waals surface area contributed by atoms with Crippen molar-refractivity contribution in [1.82, 2.24) is 5.32 Å². The maximum absolute atomic E-state index is 3.44. The maximum atomic E-state index is 3.44. The summed E-state index contributed by atoms with van der Waals surface area (Å²) in [5.41, 5.74) is 3.43. The molecule has 0 radical (unpaired) electrons. The molecule has 0 amide bonds. The molecular formula is C13H19NS. The molecule has 1 fully saturated rings. The Bertz CT molecular complexity index is 351. The van der Waals surface area contributed by atoms with E-state index in [2.05, 4.69) is 17.7 Å². The molecule has 2 aliphatic rings. The zero-order valence-electron chi connectivity index (χ0n) is 9.38. The van der Waals surface area contributed by atoms with Crippen molar-refractivity contribution in [3.05, 3.63) is 21.4 Å². The summed E-state index contributed by atoms with van der Waals surface area (Å²) in [7, 11) is 2.10. The van der Waals surface area contributed by atoms with Crippen LogP contribution in [0.1, 0.15) is 47.6 Å². The van der Waals surface area contributed by atoms with E-state index in [1.165, 1.54) is 38.5 Å². The molecule has 3 rings (SSSR count). The van der Waals surface area contributed by atoms with Crippen LogP contribution >= 0.6 is 11.3 Å². The molecule has 82 valence electrons. The first-order valence-electron chi connectivity index (χ1n) is 6.15. The highest BCUT2D eigenvalue weighted by Gasteiger charge is 2.28. The second-order valence-electron chi connectivity index (χ2n) is 4.95. The SMILES string of the molecule is CNC1CCc2scc(C3CCC3)c2C1. The number of rotatable bonds is 2. The fourth-order valence-corrected chi connectivity index (χ4v) is 4.02. The zero-order chi connectivity index (χ0) is 10.3. The molecule has 0 bridgehead atoms. The number of nitrogens with one attached hydrogen (secondary N) is 1. The Morgan fingerprint density at radius 3 is 2.87 bits per heavy atom. The summed E-state index contributed by atoms with van der Waals surface area (Å²) in [6, 6.07) is 0.728. The lowest BCUT2D eigenvalue weighted by Gasteiger charge is -2.29. The third-order valence-corrected chi connectivity index (χ3v) is 5.24. The average Bonchev–Trinajstić information content (AvgIpc) is 2.59. The van der Waals surface area contributed by atoms with Crippen LogP contribution in [0.15, 0.2) is 5.38 Å². The summed E-state index contributed by atoms with van der Waals surface area (Å²) in [5, 5.41) is 5.89. The van der Waals surface area contributed by atoms with Crippen LogP contribution in [0.4, 0.5) is 0 Å². The van der Waals surface area contributed by atoms with Gasteiger partial charge in [-0.05, 0) is 61.6 Å². The van der Waals surface area contributed by atoms with Crippen molar-refractivity contribution >= 4 is 11.3 Å². The molecule has 1 aromatic rings. The largest absolute Gasteiger partial charge is 0.317 e. The lowest BCUT2D eigenvalue weighted by Crippen LogP contribution is -2.31. The van der Waals surface area contributed by atoms with Gasteiger partial charge < -0.3 is 5.32 Å². The van der Waals surface area contributed by atoms with E-state index in [-0.39, 0.29) is 0 Å². The topological polar surface area (TPSA) is 12.0 Å². The van der Waals surface area contributed by atoms with Crippen molar-refractivity contribution in [2.75, 3.05) is 7.05 Å². The number of hydrogen-bond acceptors (Lipinski definition) is 2.